The molecular weight excluding hydrogens is 335 g/mol. The average Bonchev–Trinajstić information content (AvgIpc) is 3.05. The number of alkyl halides is 3. The van der Waals surface area contributed by atoms with E-state index in [-0.39, 0.29) is 12.1 Å². The predicted molar refractivity (Wildman–Crippen MR) is 75.1 cm³/mol. The Morgan fingerprint density at radius 1 is 1.43 bits per heavy atom. The van der Waals surface area contributed by atoms with E-state index in [2.05, 4.69) is 10.4 Å². The van der Waals surface area contributed by atoms with E-state index in [1.165, 1.54) is 12.3 Å². The Morgan fingerprint density at radius 2 is 2.13 bits per heavy atom. The molecule has 1 amide bonds. The fourth-order valence-electron chi connectivity index (χ4n) is 1.80. The number of carboxylic acid groups (broad SMARTS) is 1. The summed E-state index contributed by atoms with van der Waals surface area (Å²) in [7, 11) is 0. The maximum Gasteiger partial charge on any atom is 0.425 e. The highest BCUT2D eigenvalue weighted by atomic mass is 32.1. The van der Waals surface area contributed by atoms with Crippen molar-refractivity contribution in [3.63, 3.8) is 0 Å². The summed E-state index contributed by atoms with van der Waals surface area (Å²) in [6, 6.07) is 1.68. The van der Waals surface area contributed by atoms with E-state index in [9.17, 15) is 22.8 Å². The second-order valence-electron chi connectivity index (χ2n) is 4.72. The van der Waals surface area contributed by atoms with E-state index >= 15 is 0 Å². The van der Waals surface area contributed by atoms with Crippen LogP contribution in [0.4, 0.5) is 13.2 Å². The molecule has 23 heavy (non-hydrogen) atoms. The zero-order valence-corrected chi connectivity index (χ0v) is 12.6. The average molecular weight is 347 g/mol. The number of hydrogen-bond acceptors (Lipinski definition) is 4. The van der Waals surface area contributed by atoms with E-state index in [4.69, 9.17) is 5.11 Å². The molecule has 1 unspecified atom stereocenters. The Labute approximate surface area is 132 Å². The lowest BCUT2D eigenvalue weighted by atomic mass is 10.2. The first-order valence-electron chi connectivity index (χ1n) is 6.39. The number of carbonyl (C=O) groups is 2. The Balaban J connectivity index is 1.96. The lowest BCUT2D eigenvalue weighted by Crippen LogP contribution is -2.29. The molecule has 0 saturated carbocycles. The third-order valence-electron chi connectivity index (χ3n) is 2.90. The van der Waals surface area contributed by atoms with Crippen molar-refractivity contribution in [2.75, 3.05) is 0 Å². The van der Waals surface area contributed by atoms with Crippen LogP contribution in [0.2, 0.25) is 0 Å². The van der Waals surface area contributed by atoms with Crippen molar-refractivity contribution >= 4 is 23.2 Å². The van der Waals surface area contributed by atoms with Crippen LogP contribution in [0.15, 0.2) is 24.5 Å². The second-order valence-corrected chi connectivity index (χ2v) is 5.84. The maximum atomic E-state index is 12.5. The van der Waals surface area contributed by atoms with Crippen molar-refractivity contribution in [2.45, 2.75) is 25.7 Å². The largest absolute Gasteiger partial charge is 0.478 e. The van der Waals surface area contributed by atoms with Gasteiger partial charge in [-0.1, -0.05) is 0 Å². The number of rotatable bonds is 5. The molecule has 0 aliphatic carbocycles. The molecule has 2 aromatic rings. The Morgan fingerprint density at radius 3 is 2.65 bits per heavy atom. The highest BCUT2D eigenvalue weighted by molar-refractivity contribution is 7.12. The number of amides is 1. The number of thiophene rings is 1. The first-order valence-corrected chi connectivity index (χ1v) is 7.20. The van der Waals surface area contributed by atoms with E-state index in [1.807, 2.05) is 0 Å². The summed E-state index contributed by atoms with van der Waals surface area (Å²) < 4.78 is 38.8. The van der Waals surface area contributed by atoms with Crippen LogP contribution in [0.5, 0.6) is 0 Å². The predicted octanol–water partition coefficient (Wildman–Crippen LogP) is 2.54. The maximum absolute atomic E-state index is 12.5. The zero-order chi connectivity index (χ0) is 17.2. The van der Waals surface area contributed by atoms with Crippen LogP contribution in [-0.4, -0.2) is 26.8 Å². The van der Waals surface area contributed by atoms with Gasteiger partial charge in [-0.15, -0.1) is 11.3 Å². The quantitative estimate of drug-likeness (QED) is 0.871. The van der Waals surface area contributed by atoms with Gasteiger partial charge in [-0.05, 0) is 19.1 Å². The monoisotopic (exact) mass is 347 g/mol. The third-order valence-corrected chi connectivity index (χ3v) is 4.21. The van der Waals surface area contributed by atoms with Gasteiger partial charge in [-0.25, -0.2) is 4.79 Å². The standard InChI is InChI=1S/C13H12F3N3O3S/c1-7(9-2-3-10(23-9)13(14,15)16)18-11(20)6-19-5-8(4-17-19)12(21)22/h2-5,7H,6H2,1H3,(H,18,20)(H,21,22). The number of halogens is 3. The van der Waals surface area contributed by atoms with Crippen molar-refractivity contribution in [3.8, 4) is 0 Å². The minimum atomic E-state index is -4.41. The Hall–Kier alpha value is -2.36. The first kappa shape index (κ1) is 17.0. The number of carbonyl (C=O) groups excluding carboxylic acids is 1. The molecule has 2 N–H and O–H groups in total. The zero-order valence-electron chi connectivity index (χ0n) is 11.8. The number of nitrogens with zero attached hydrogens (tertiary/aromatic N) is 2. The molecule has 2 heterocycles. The molecule has 10 heteroatoms. The van der Waals surface area contributed by atoms with Gasteiger partial charge < -0.3 is 10.4 Å². The summed E-state index contributed by atoms with van der Waals surface area (Å²) in [4.78, 5) is 22.2. The molecule has 0 spiro atoms. The van der Waals surface area contributed by atoms with Crippen LogP contribution >= 0.6 is 11.3 Å². The Bertz CT molecular complexity index is 723. The summed E-state index contributed by atoms with van der Waals surface area (Å²) >= 11 is 0.564. The number of hydrogen-bond donors (Lipinski definition) is 2. The summed E-state index contributed by atoms with van der Waals surface area (Å²) in [5.41, 5.74) is -0.0566. The van der Waals surface area contributed by atoms with Gasteiger partial charge in [0.15, 0.2) is 0 Å². The van der Waals surface area contributed by atoms with Crippen molar-refractivity contribution in [3.05, 3.63) is 39.8 Å². The van der Waals surface area contributed by atoms with E-state index in [0.29, 0.717) is 16.2 Å². The van der Waals surface area contributed by atoms with E-state index in [1.54, 1.807) is 6.92 Å². The lowest BCUT2D eigenvalue weighted by molar-refractivity contribution is -0.134. The topological polar surface area (TPSA) is 84.2 Å². The van der Waals surface area contributed by atoms with Gasteiger partial charge in [0.1, 0.15) is 11.4 Å². The van der Waals surface area contributed by atoms with E-state index < -0.39 is 29.0 Å². The molecule has 0 saturated heterocycles. The van der Waals surface area contributed by atoms with Gasteiger partial charge in [0.05, 0.1) is 17.8 Å². The second kappa shape index (κ2) is 6.41. The van der Waals surface area contributed by atoms with Crippen LogP contribution in [0.3, 0.4) is 0 Å². The van der Waals surface area contributed by atoms with Gasteiger partial charge in [0.2, 0.25) is 5.91 Å². The molecule has 2 rings (SSSR count). The molecule has 0 aromatic carbocycles. The van der Waals surface area contributed by atoms with Gasteiger partial charge in [0, 0.05) is 11.1 Å². The molecule has 6 nitrogen and oxygen atoms in total. The number of aromatic nitrogens is 2. The summed E-state index contributed by atoms with van der Waals surface area (Å²) in [5, 5.41) is 15.0. The molecule has 0 aliphatic rings. The number of aromatic carboxylic acids is 1. The highest BCUT2D eigenvalue weighted by Gasteiger charge is 2.32. The smallest absolute Gasteiger partial charge is 0.425 e. The van der Waals surface area contributed by atoms with E-state index in [0.717, 1.165) is 16.9 Å². The third kappa shape index (κ3) is 4.31. The summed E-state index contributed by atoms with van der Waals surface area (Å²) in [6.45, 7) is 1.34. The van der Waals surface area contributed by atoms with Gasteiger partial charge in [-0.3, -0.25) is 9.48 Å². The fraction of sp³-hybridized carbons (Fsp3) is 0.308. The summed E-state index contributed by atoms with van der Waals surface area (Å²) in [5.74, 6) is -1.65. The minimum absolute atomic E-state index is 0.0566. The highest BCUT2D eigenvalue weighted by Crippen LogP contribution is 2.36. The van der Waals surface area contributed by atoms with Crippen molar-refractivity contribution in [1.82, 2.24) is 15.1 Å². The molecule has 124 valence electrons. The normalized spacial score (nSPS) is 12.9. The lowest BCUT2D eigenvalue weighted by Gasteiger charge is -2.12. The fourth-order valence-corrected chi connectivity index (χ4v) is 2.68. The van der Waals surface area contributed by atoms with Crippen LogP contribution < -0.4 is 5.32 Å². The van der Waals surface area contributed by atoms with Gasteiger partial charge in [-0.2, -0.15) is 18.3 Å². The van der Waals surface area contributed by atoms with Gasteiger partial charge >= 0.3 is 12.1 Å². The SMILES string of the molecule is CC(NC(=O)Cn1cc(C(=O)O)cn1)c1ccc(C(F)(F)F)s1. The van der Waals surface area contributed by atoms with Crippen LogP contribution in [0, 0.1) is 0 Å². The van der Waals surface area contributed by atoms with Crippen molar-refractivity contribution in [1.29, 1.82) is 0 Å². The molecule has 0 radical (unpaired) electrons. The van der Waals surface area contributed by atoms with Gasteiger partial charge in [0.25, 0.3) is 0 Å². The molecular formula is C13H12F3N3O3S. The Kier molecular flexibility index (Phi) is 4.73. The molecule has 0 fully saturated rings. The minimum Gasteiger partial charge on any atom is -0.478 e. The first-order chi connectivity index (χ1) is 10.7. The number of nitrogens with one attached hydrogen (secondary N) is 1. The summed E-state index contributed by atoms with van der Waals surface area (Å²) in [6.07, 6.45) is -2.11. The number of carboxylic acids is 1. The van der Waals surface area contributed by atoms with Crippen LogP contribution in [-0.2, 0) is 17.5 Å². The van der Waals surface area contributed by atoms with Crippen LogP contribution in [0.25, 0.3) is 0 Å². The van der Waals surface area contributed by atoms with Crippen molar-refractivity contribution < 1.29 is 27.9 Å². The van der Waals surface area contributed by atoms with Crippen LogP contribution in [0.1, 0.15) is 33.1 Å². The molecule has 2 aromatic heterocycles. The molecule has 0 aliphatic heterocycles. The van der Waals surface area contributed by atoms with Crippen molar-refractivity contribution in [2.24, 2.45) is 0 Å². The molecule has 1 atom stereocenters. The molecule has 0 bridgehead atoms.